The number of aromatic nitrogens is 6. The molecule has 3 aromatic rings. The van der Waals surface area contributed by atoms with Crippen LogP contribution in [0.2, 0.25) is 0 Å². The van der Waals surface area contributed by atoms with Gasteiger partial charge in [0.1, 0.15) is 5.69 Å². The molecule has 3 heterocycles. The summed E-state index contributed by atoms with van der Waals surface area (Å²) in [4.78, 5) is 25.1. The minimum Gasteiger partial charge on any atom is -0.323 e. The molecular formula is C17H21IN8O2. The van der Waals surface area contributed by atoms with E-state index >= 15 is 0 Å². The lowest BCUT2D eigenvalue weighted by molar-refractivity contribution is -0.116. The monoisotopic (exact) mass is 496 g/mol. The Morgan fingerprint density at radius 2 is 1.64 bits per heavy atom. The molecule has 148 valence electrons. The number of anilines is 2. The number of hydrogen-bond donors (Lipinski definition) is 2. The highest BCUT2D eigenvalue weighted by Crippen LogP contribution is 2.19. The van der Waals surface area contributed by atoms with E-state index in [2.05, 4.69) is 48.5 Å². The van der Waals surface area contributed by atoms with Crippen LogP contribution < -0.4 is 10.6 Å². The summed E-state index contributed by atoms with van der Waals surface area (Å²) in [6, 6.07) is 0. The van der Waals surface area contributed by atoms with Gasteiger partial charge in [0.15, 0.2) is 0 Å². The molecule has 28 heavy (non-hydrogen) atoms. The molecule has 0 aliphatic heterocycles. The minimum atomic E-state index is -0.371. The molecule has 3 aromatic heterocycles. The Morgan fingerprint density at radius 1 is 0.964 bits per heavy atom. The van der Waals surface area contributed by atoms with Crippen LogP contribution in [0.4, 0.5) is 11.4 Å². The van der Waals surface area contributed by atoms with Crippen LogP contribution in [-0.4, -0.2) is 41.2 Å². The van der Waals surface area contributed by atoms with Gasteiger partial charge in [-0.05, 0) is 36.4 Å². The molecule has 10 nitrogen and oxygen atoms in total. The fourth-order valence-corrected chi connectivity index (χ4v) is 3.07. The molecule has 0 saturated carbocycles. The Bertz CT molecular complexity index is 1030. The van der Waals surface area contributed by atoms with Gasteiger partial charge in [0.2, 0.25) is 5.91 Å². The van der Waals surface area contributed by atoms with Gasteiger partial charge in [-0.3, -0.25) is 23.6 Å². The van der Waals surface area contributed by atoms with Crippen LogP contribution >= 0.6 is 22.6 Å². The van der Waals surface area contributed by atoms with Crippen molar-refractivity contribution in [3.05, 3.63) is 39.2 Å². The van der Waals surface area contributed by atoms with Gasteiger partial charge in [-0.1, -0.05) is 0 Å². The SMILES string of the molecule is Cc1c(NC(=O)c2c(NC(=O)CCn3ncc(I)c3C)cnn2C)cnn1C. The zero-order valence-corrected chi connectivity index (χ0v) is 18.2. The van der Waals surface area contributed by atoms with Crippen molar-refractivity contribution in [2.45, 2.75) is 26.8 Å². The van der Waals surface area contributed by atoms with Crippen LogP contribution in [-0.2, 0) is 25.4 Å². The summed E-state index contributed by atoms with van der Waals surface area (Å²) in [5, 5.41) is 18.0. The van der Waals surface area contributed by atoms with Gasteiger partial charge in [0, 0.05) is 26.2 Å². The molecule has 3 rings (SSSR count). The third-order valence-electron chi connectivity index (χ3n) is 4.51. The van der Waals surface area contributed by atoms with Gasteiger partial charge in [-0.15, -0.1) is 0 Å². The maximum Gasteiger partial charge on any atom is 0.276 e. The zero-order chi connectivity index (χ0) is 20.4. The van der Waals surface area contributed by atoms with Gasteiger partial charge in [0.25, 0.3) is 5.91 Å². The molecule has 11 heteroatoms. The van der Waals surface area contributed by atoms with E-state index in [0.717, 1.165) is 15.0 Å². The van der Waals surface area contributed by atoms with Gasteiger partial charge in [-0.25, -0.2) is 0 Å². The van der Waals surface area contributed by atoms with Crippen molar-refractivity contribution in [3.8, 4) is 0 Å². The van der Waals surface area contributed by atoms with Gasteiger partial charge in [0.05, 0.1) is 45.8 Å². The molecule has 0 radical (unpaired) electrons. The Labute approximate surface area is 175 Å². The summed E-state index contributed by atoms with van der Waals surface area (Å²) in [5.41, 5.74) is 3.07. The van der Waals surface area contributed by atoms with Crippen molar-refractivity contribution in [2.75, 3.05) is 10.6 Å². The maximum atomic E-state index is 12.7. The molecule has 2 N–H and O–H groups in total. The molecule has 0 spiro atoms. The second kappa shape index (κ2) is 8.12. The van der Waals surface area contributed by atoms with Crippen LogP contribution in [0.1, 0.15) is 28.3 Å². The Balaban J connectivity index is 1.68. The standard InChI is InChI=1S/C17H21IN8O2/c1-10-12(18)7-21-26(10)6-5-15(27)22-14-9-20-25(4)16(14)17(28)23-13-8-19-24(3)11(13)2/h7-9H,5-6H2,1-4H3,(H,22,27)(H,23,28). The molecular weight excluding hydrogens is 475 g/mol. The van der Waals surface area contributed by atoms with E-state index in [-0.39, 0.29) is 23.9 Å². The quantitative estimate of drug-likeness (QED) is 0.506. The number of nitrogens with zero attached hydrogens (tertiary/aromatic N) is 6. The van der Waals surface area contributed by atoms with E-state index in [1.54, 1.807) is 35.9 Å². The average molecular weight is 496 g/mol. The van der Waals surface area contributed by atoms with Crippen molar-refractivity contribution in [2.24, 2.45) is 14.1 Å². The van der Waals surface area contributed by atoms with Gasteiger partial charge >= 0.3 is 0 Å². The van der Waals surface area contributed by atoms with Crippen molar-refractivity contribution >= 4 is 45.8 Å². The van der Waals surface area contributed by atoms with E-state index in [1.807, 2.05) is 13.8 Å². The number of carbonyl (C=O) groups excluding carboxylic acids is 2. The number of hydrogen-bond acceptors (Lipinski definition) is 5. The molecule has 0 saturated heterocycles. The molecule has 0 bridgehead atoms. The second-order valence-corrected chi connectivity index (χ2v) is 7.51. The first-order valence-corrected chi connectivity index (χ1v) is 9.65. The average Bonchev–Trinajstić information content (AvgIpc) is 3.28. The first kappa shape index (κ1) is 20.0. The predicted molar refractivity (Wildman–Crippen MR) is 112 cm³/mol. The topological polar surface area (TPSA) is 112 Å². The number of rotatable bonds is 6. The van der Waals surface area contributed by atoms with E-state index in [0.29, 0.717) is 17.9 Å². The first-order chi connectivity index (χ1) is 13.3. The number of halogens is 1. The lowest BCUT2D eigenvalue weighted by Gasteiger charge is -2.09. The third-order valence-corrected chi connectivity index (χ3v) is 5.56. The summed E-state index contributed by atoms with van der Waals surface area (Å²) in [6.45, 7) is 4.26. The third kappa shape index (κ3) is 4.08. The highest BCUT2D eigenvalue weighted by Gasteiger charge is 2.20. The second-order valence-electron chi connectivity index (χ2n) is 6.35. The van der Waals surface area contributed by atoms with Crippen molar-refractivity contribution in [1.29, 1.82) is 0 Å². The van der Waals surface area contributed by atoms with Crippen LogP contribution in [0.15, 0.2) is 18.6 Å². The summed E-state index contributed by atoms with van der Waals surface area (Å²) < 4.78 is 5.93. The van der Waals surface area contributed by atoms with E-state index in [9.17, 15) is 9.59 Å². The van der Waals surface area contributed by atoms with Crippen LogP contribution in [0.3, 0.4) is 0 Å². The van der Waals surface area contributed by atoms with Crippen molar-refractivity contribution in [3.63, 3.8) is 0 Å². The first-order valence-electron chi connectivity index (χ1n) is 8.57. The van der Waals surface area contributed by atoms with Crippen molar-refractivity contribution in [1.82, 2.24) is 29.3 Å². The maximum absolute atomic E-state index is 12.7. The fraction of sp³-hybridized carbons (Fsp3) is 0.353. The predicted octanol–water partition coefficient (Wildman–Crippen LogP) is 1.85. The smallest absolute Gasteiger partial charge is 0.276 e. The number of nitrogens with one attached hydrogen (secondary N) is 2. The molecule has 0 fully saturated rings. The lowest BCUT2D eigenvalue weighted by atomic mass is 10.3. The Morgan fingerprint density at radius 3 is 2.25 bits per heavy atom. The molecule has 2 amide bonds. The summed E-state index contributed by atoms with van der Waals surface area (Å²) in [5.74, 6) is -0.589. The van der Waals surface area contributed by atoms with E-state index in [1.165, 1.54) is 10.9 Å². The molecule has 0 atom stereocenters. The Hall–Kier alpha value is -2.70. The highest BCUT2D eigenvalue weighted by molar-refractivity contribution is 14.1. The molecule has 0 aliphatic carbocycles. The van der Waals surface area contributed by atoms with E-state index < -0.39 is 0 Å². The fourth-order valence-electron chi connectivity index (χ4n) is 2.67. The van der Waals surface area contributed by atoms with Gasteiger partial charge < -0.3 is 10.6 Å². The summed E-state index contributed by atoms with van der Waals surface area (Å²) >= 11 is 2.20. The van der Waals surface area contributed by atoms with Crippen LogP contribution in [0, 0.1) is 17.4 Å². The van der Waals surface area contributed by atoms with Crippen molar-refractivity contribution < 1.29 is 9.59 Å². The highest BCUT2D eigenvalue weighted by atomic mass is 127. The zero-order valence-electron chi connectivity index (χ0n) is 16.0. The number of carbonyl (C=O) groups is 2. The van der Waals surface area contributed by atoms with Crippen LogP contribution in [0.25, 0.3) is 0 Å². The lowest BCUT2D eigenvalue weighted by Crippen LogP contribution is -2.21. The molecule has 0 aliphatic rings. The van der Waals surface area contributed by atoms with Gasteiger partial charge in [-0.2, -0.15) is 15.3 Å². The molecule has 0 unspecified atom stereocenters. The van der Waals surface area contributed by atoms with Crippen LogP contribution in [0.5, 0.6) is 0 Å². The van der Waals surface area contributed by atoms with E-state index in [4.69, 9.17) is 0 Å². The molecule has 0 aromatic carbocycles. The normalized spacial score (nSPS) is 10.9. The Kier molecular flexibility index (Phi) is 5.82. The minimum absolute atomic E-state index is 0.218. The number of aryl methyl sites for hydroxylation is 3. The summed E-state index contributed by atoms with van der Waals surface area (Å²) in [7, 11) is 3.44. The number of amides is 2. The largest absolute Gasteiger partial charge is 0.323 e. The summed E-state index contributed by atoms with van der Waals surface area (Å²) in [6.07, 6.45) is 5.04.